The molecule has 2 heterocycles. The van der Waals surface area contributed by atoms with Gasteiger partial charge in [-0.1, -0.05) is 0 Å². The molecule has 2 aliphatic heterocycles. The lowest BCUT2D eigenvalue weighted by atomic mass is 10.0. The maximum atomic E-state index is 3.61. The summed E-state index contributed by atoms with van der Waals surface area (Å²) < 4.78 is 0. The van der Waals surface area contributed by atoms with E-state index in [0.29, 0.717) is 0 Å². The maximum Gasteiger partial charge on any atom is 0.00936 e. The van der Waals surface area contributed by atoms with Crippen LogP contribution in [0.4, 0.5) is 0 Å². The van der Waals surface area contributed by atoms with E-state index in [2.05, 4.69) is 17.7 Å². The lowest BCUT2D eigenvalue weighted by Gasteiger charge is -2.28. The standard InChI is InChI=1S/C8H16N2/c1-9-8-4-6-2-3-7(5-8)10-6/h6-10H,2-5H2,1H3/t6-,7?,8?/m0/s1. The molecule has 2 N–H and O–H groups in total. The SMILES string of the molecule is CNC1CC2CC[C@@H](C1)N2. The minimum atomic E-state index is 0.791. The molecule has 0 amide bonds. The van der Waals surface area contributed by atoms with Crippen molar-refractivity contribution in [2.24, 2.45) is 0 Å². The van der Waals surface area contributed by atoms with Gasteiger partial charge in [-0.15, -0.1) is 0 Å². The first-order chi connectivity index (χ1) is 4.88. The second-order valence-corrected chi connectivity index (χ2v) is 3.59. The first-order valence-electron chi connectivity index (χ1n) is 4.32. The molecule has 0 spiro atoms. The zero-order chi connectivity index (χ0) is 6.97. The molecular formula is C8H16N2. The van der Waals surface area contributed by atoms with Gasteiger partial charge in [0.2, 0.25) is 0 Å². The Labute approximate surface area is 62.4 Å². The molecule has 0 saturated carbocycles. The molecule has 0 aromatic heterocycles. The van der Waals surface area contributed by atoms with Crippen molar-refractivity contribution in [1.29, 1.82) is 0 Å². The predicted octanol–water partition coefficient (Wildman–Crippen LogP) is 0.489. The third-order valence-corrected chi connectivity index (χ3v) is 2.88. The highest BCUT2D eigenvalue weighted by atomic mass is 15.0. The van der Waals surface area contributed by atoms with Crippen LogP contribution in [-0.2, 0) is 0 Å². The largest absolute Gasteiger partial charge is 0.317 e. The van der Waals surface area contributed by atoms with Crippen LogP contribution >= 0.6 is 0 Å². The molecular weight excluding hydrogens is 124 g/mol. The van der Waals surface area contributed by atoms with Crippen LogP contribution in [0.15, 0.2) is 0 Å². The minimum absolute atomic E-state index is 0.791. The van der Waals surface area contributed by atoms with Gasteiger partial charge in [0.25, 0.3) is 0 Å². The molecule has 2 saturated heterocycles. The van der Waals surface area contributed by atoms with Crippen molar-refractivity contribution in [3.8, 4) is 0 Å². The fourth-order valence-electron chi connectivity index (χ4n) is 2.29. The average molecular weight is 140 g/mol. The Balaban J connectivity index is 1.96. The van der Waals surface area contributed by atoms with Gasteiger partial charge in [0.05, 0.1) is 0 Å². The third kappa shape index (κ3) is 1.06. The van der Waals surface area contributed by atoms with Crippen molar-refractivity contribution in [3.63, 3.8) is 0 Å². The lowest BCUT2D eigenvalue weighted by molar-refractivity contribution is 0.331. The molecule has 2 rings (SSSR count). The minimum Gasteiger partial charge on any atom is -0.317 e. The molecule has 2 nitrogen and oxygen atoms in total. The topological polar surface area (TPSA) is 24.1 Å². The van der Waals surface area contributed by atoms with Crippen LogP contribution in [0.2, 0.25) is 0 Å². The summed E-state index contributed by atoms with van der Waals surface area (Å²) in [7, 11) is 2.08. The molecule has 0 aliphatic carbocycles. The lowest BCUT2D eigenvalue weighted by Crippen LogP contribution is -2.45. The number of rotatable bonds is 1. The molecule has 3 atom stereocenters. The van der Waals surface area contributed by atoms with Crippen molar-refractivity contribution in [2.45, 2.75) is 43.8 Å². The first-order valence-corrected chi connectivity index (χ1v) is 4.32. The molecule has 0 aromatic carbocycles. The fourth-order valence-corrected chi connectivity index (χ4v) is 2.29. The van der Waals surface area contributed by atoms with E-state index in [1.54, 1.807) is 0 Å². The number of hydrogen-bond acceptors (Lipinski definition) is 2. The van der Waals surface area contributed by atoms with E-state index in [4.69, 9.17) is 0 Å². The zero-order valence-electron chi connectivity index (χ0n) is 6.56. The van der Waals surface area contributed by atoms with E-state index in [1.165, 1.54) is 25.7 Å². The second-order valence-electron chi connectivity index (χ2n) is 3.59. The highest BCUT2D eigenvalue weighted by Gasteiger charge is 2.32. The van der Waals surface area contributed by atoms with E-state index in [-0.39, 0.29) is 0 Å². The molecule has 2 heteroatoms. The van der Waals surface area contributed by atoms with Crippen molar-refractivity contribution < 1.29 is 0 Å². The van der Waals surface area contributed by atoms with Crippen LogP contribution in [0, 0.1) is 0 Å². The summed E-state index contributed by atoms with van der Waals surface area (Å²) in [5, 5.41) is 6.98. The molecule has 2 bridgehead atoms. The van der Waals surface area contributed by atoms with Gasteiger partial charge < -0.3 is 10.6 Å². The van der Waals surface area contributed by atoms with Gasteiger partial charge in [-0.2, -0.15) is 0 Å². The molecule has 58 valence electrons. The number of fused-ring (bicyclic) bond motifs is 2. The maximum absolute atomic E-state index is 3.61. The van der Waals surface area contributed by atoms with Gasteiger partial charge in [0, 0.05) is 18.1 Å². The Bertz CT molecular complexity index is 112. The van der Waals surface area contributed by atoms with Gasteiger partial charge in [-0.25, -0.2) is 0 Å². The van der Waals surface area contributed by atoms with E-state index in [1.807, 2.05) is 0 Å². The average Bonchev–Trinajstić information content (AvgIpc) is 2.30. The van der Waals surface area contributed by atoms with Crippen LogP contribution in [0.1, 0.15) is 25.7 Å². The molecule has 0 aromatic rings. The summed E-state index contributed by atoms with van der Waals surface area (Å²) in [5.74, 6) is 0. The zero-order valence-corrected chi connectivity index (χ0v) is 6.56. The predicted molar refractivity (Wildman–Crippen MR) is 42.0 cm³/mol. The summed E-state index contributed by atoms with van der Waals surface area (Å²) in [4.78, 5) is 0. The van der Waals surface area contributed by atoms with Gasteiger partial charge >= 0.3 is 0 Å². The summed E-state index contributed by atoms with van der Waals surface area (Å²) in [6, 6.07) is 2.45. The Morgan fingerprint density at radius 3 is 2.30 bits per heavy atom. The Morgan fingerprint density at radius 2 is 1.80 bits per heavy atom. The second kappa shape index (κ2) is 2.51. The Kier molecular flexibility index (Phi) is 1.66. The third-order valence-electron chi connectivity index (χ3n) is 2.88. The quantitative estimate of drug-likeness (QED) is 0.554. The molecule has 2 unspecified atom stereocenters. The first kappa shape index (κ1) is 6.62. The van der Waals surface area contributed by atoms with Crippen LogP contribution < -0.4 is 10.6 Å². The smallest absolute Gasteiger partial charge is 0.00936 e. The van der Waals surface area contributed by atoms with Crippen molar-refractivity contribution in [3.05, 3.63) is 0 Å². The van der Waals surface area contributed by atoms with E-state index in [0.717, 1.165) is 18.1 Å². The highest BCUT2D eigenvalue weighted by Crippen LogP contribution is 2.26. The number of piperidine rings is 1. The Hall–Kier alpha value is -0.0800. The van der Waals surface area contributed by atoms with Crippen molar-refractivity contribution >= 4 is 0 Å². The number of hydrogen-bond donors (Lipinski definition) is 2. The van der Waals surface area contributed by atoms with Gasteiger partial charge in [-0.05, 0) is 32.7 Å². The van der Waals surface area contributed by atoms with Gasteiger partial charge in [0.1, 0.15) is 0 Å². The summed E-state index contributed by atoms with van der Waals surface area (Å²) in [6.07, 6.45) is 5.49. The van der Waals surface area contributed by atoms with E-state index >= 15 is 0 Å². The molecule has 0 radical (unpaired) electrons. The van der Waals surface area contributed by atoms with Crippen molar-refractivity contribution in [2.75, 3.05) is 7.05 Å². The fraction of sp³-hybridized carbons (Fsp3) is 1.00. The highest BCUT2D eigenvalue weighted by molar-refractivity contribution is 4.94. The summed E-state index contributed by atoms with van der Waals surface area (Å²) in [6.45, 7) is 0. The molecule has 2 fully saturated rings. The van der Waals surface area contributed by atoms with Crippen LogP contribution in [0.3, 0.4) is 0 Å². The van der Waals surface area contributed by atoms with Gasteiger partial charge in [0.15, 0.2) is 0 Å². The monoisotopic (exact) mass is 140 g/mol. The Morgan fingerprint density at radius 1 is 1.20 bits per heavy atom. The molecule has 10 heavy (non-hydrogen) atoms. The van der Waals surface area contributed by atoms with Gasteiger partial charge in [-0.3, -0.25) is 0 Å². The summed E-state index contributed by atoms with van der Waals surface area (Å²) >= 11 is 0. The van der Waals surface area contributed by atoms with Crippen molar-refractivity contribution in [1.82, 2.24) is 10.6 Å². The van der Waals surface area contributed by atoms with E-state index in [9.17, 15) is 0 Å². The normalized spacial score (nSPS) is 45.9. The summed E-state index contributed by atoms with van der Waals surface area (Å²) in [5.41, 5.74) is 0. The number of nitrogens with one attached hydrogen (secondary N) is 2. The van der Waals surface area contributed by atoms with Crippen LogP contribution in [0.25, 0.3) is 0 Å². The van der Waals surface area contributed by atoms with Crippen LogP contribution in [-0.4, -0.2) is 25.2 Å². The van der Waals surface area contributed by atoms with E-state index < -0.39 is 0 Å². The molecule has 2 aliphatic rings. The van der Waals surface area contributed by atoms with Crippen LogP contribution in [0.5, 0.6) is 0 Å².